The summed E-state index contributed by atoms with van der Waals surface area (Å²) in [6.07, 6.45) is 1.41. The topological polar surface area (TPSA) is 82.9 Å². The van der Waals surface area contributed by atoms with E-state index < -0.39 is 7.12 Å². The number of hydrogen-bond donors (Lipinski definition) is 1. The molecule has 0 aliphatic carbocycles. The van der Waals surface area contributed by atoms with Crippen LogP contribution < -0.4 is 14.2 Å². The maximum atomic E-state index is 9.62. The number of aromatic nitrogens is 2. The molecule has 1 atom stereocenters. The Morgan fingerprint density at radius 1 is 1.19 bits per heavy atom. The van der Waals surface area contributed by atoms with Gasteiger partial charge in [0.1, 0.15) is 0 Å². The van der Waals surface area contributed by atoms with Crippen molar-refractivity contribution in [1.29, 1.82) is 0 Å². The Morgan fingerprint density at radius 3 is 2.69 bits per heavy atom. The van der Waals surface area contributed by atoms with Crippen molar-refractivity contribution in [2.75, 3.05) is 27.4 Å². The number of ether oxygens (including phenoxy) is 3. The summed E-state index contributed by atoms with van der Waals surface area (Å²) in [6, 6.07) is 7.38. The van der Waals surface area contributed by atoms with Gasteiger partial charge in [0.05, 0.1) is 26.5 Å². The Balaban J connectivity index is 1.97. The Morgan fingerprint density at radius 2 is 2.04 bits per heavy atom. The van der Waals surface area contributed by atoms with E-state index in [9.17, 15) is 5.02 Å². The fraction of sp³-hybridized carbons (Fsp3) is 0.444. The summed E-state index contributed by atoms with van der Waals surface area (Å²) >= 11 is 0. The highest BCUT2D eigenvalue weighted by molar-refractivity contribution is 6.43. The average molecular weight is 358 g/mol. The molecule has 1 aromatic carbocycles. The summed E-state index contributed by atoms with van der Waals surface area (Å²) in [6.45, 7) is 3.07. The van der Waals surface area contributed by atoms with Crippen LogP contribution in [-0.2, 0) is 4.65 Å². The molecule has 1 saturated heterocycles. The lowest BCUT2D eigenvalue weighted by molar-refractivity contribution is 0.291. The summed E-state index contributed by atoms with van der Waals surface area (Å²) in [4.78, 5) is 9.12. The van der Waals surface area contributed by atoms with Crippen LogP contribution in [0, 0.1) is 0 Å². The van der Waals surface area contributed by atoms with Gasteiger partial charge in [0.2, 0.25) is 5.88 Å². The molecule has 3 rings (SSSR count). The molecule has 0 amide bonds. The highest BCUT2D eigenvalue weighted by Gasteiger charge is 2.31. The number of hydrogen-bond acceptors (Lipinski definition) is 7. The quantitative estimate of drug-likeness (QED) is 0.762. The minimum atomic E-state index is -0.751. The monoisotopic (exact) mass is 358 g/mol. The van der Waals surface area contributed by atoms with Gasteiger partial charge in [-0.2, -0.15) is 4.98 Å². The standard InChI is InChI=1S/C18H23BN2O5/c1-4-7-25-16-8-12(5-6-15(16)23-2)18-20-14(9-17(21-18)24-3)13-10-19(22)26-11-13/h5-6,8-9,13,22H,4,7,10-11H2,1-3H3/t13-/m1/s1. The van der Waals surface area contributed by atoms with Crippen LogP contribution in [0.3, 0.4) is 0 Å². The van der Waals surface area contributed by atoms with Gasteiger partial charge in [-0.3, -0.25) is 0 Å². The summed E-state index contributed by atoms with van der Waals surface area (Å²) in [5.74, 6) is 2.33. The van der Waals surface area contributed by atoms with Crippen molar-refractivity contribution < 1.29 is 23.9 Å². The van der Waals surface area contributed by atoms with Crippen molar-refractivity contribution in [3.05, 3.63) is 30.0 Å². The second-order valence-corrected chi connectivity index (χ2v) is 6.09. The van der Waals surface area contributed by atoms with Crippen molar-refractivity contribution in [2.45, 2.75) is 25.6 Å². The van der Waals surface area contributed by atoms with Crippen molar-refractivity contribution in [3.63, 3.8) is 0 Å². The minimum Gasteiger partial charge on any atom is -0.493 e. The summed E-state index contributed by atoms with van der Waals surface area (Å²) in [5.41, 5.74) is 1.59. The Bertz CT molecular complexity index is 758. The lowest BCUT2D eigenvalue weighted by Gasteiger charge is -2.14. The molecule has 1 aliphatic rings. The zero-order chi connectivity index (χ0) is 18.5. The van der Waals surface area contributed by atoms with E-state index >= 15 is 0 Å². The van der Waals surface area contributed by atoms with Gasteiger partial charge in [-0.05, 0) is 30.9 Å². The summed E-state index contributed by atoms with van der Waals surface area (Å²) in [7, 11) is 2.43. The third kappa shape index (κ3) is 4.08. The molecule has 26 heavy (non-hydrogen) atoms. The highest BCUT2D eigenvalue weighted by Crippen LogP contribution is 2.34. The van der Waals surface area contributed by atoms with E-state index in [0.717, 1.165) is 17.7 Å². The van der Waals surface area contributed by atoms with Gasteiger partial charge in [0.25, 0.3) is 0 Å². The molecule has 8 heteroatoms. The van der Waals surface area contributed by atoms with Gasteiger partial charge in [-0.1, -0.05) is 6.92 Å². The number of rotatable bonds is 7. The van der Waals surface area contributed by atoms with E-state index in [1.54, 1.807) is 20.3 Å². The first-order valence-electron chi connectivity index (χ1n) is 8.68. The largest absolute Gasteiger partial charge is 0.493 e. The van der Waals surface area contributed by atoms with Crippen LogP contribution in [0.5, 0.6) is 17.4 Å². The van der Waals surface area contributed by atoms with Crippen LogP contribution >= 0.6 is 0 Å². The lowest BCUT2D eigenvalue weighted by atomic mass is 9.81. The molecule has 138 valence electrons. The Hall–Kier alpha value is -2.32. The molecule has 0 saturated carbocycles. The van der Waals surface area contributed by atoms with Crippen molar-refractivity contribution in [1.82, 2.24) is 9.97 Å². The second kappa shape index (κ2) is 8.38. The zero-order valence-corrected chi connectivity index (χ0v) is 15.3. The average Bonchev–Trinajstić information content (AvgIpc) is 3.12. The highest BCUT2D eigenvalue weighted by atomic mass is 16.5. The van der Waals surface area contributed by atoms with E-state index in [-0.39, 0.29) is 5.92 Å². The molecule has 2 heterocycles. The van der Waals surface area contributed by atoms with Gasteiger partial charge < -0.3 is 23.9 Å². The summed E-state index contributed by atoms with van der Waals surface area (Å²) < 4.78 is 21.7. The SMILES string of the molecule is CCCOc1cc(-c2nc(OC)cc([C@H]3COB(O)C3)n2)ccc1OC. The molecule has 1 aliphatic heterocycles. The number of benzene rings is 1. The first-order valence-corrected chi connectivity index (χ1v) is 8.68. The molecular formula is C18H23BN2O5. The van der Waals surface area contributed by atoms with Gasteiger partial charge in [0.15, 0.2) is 17.3 Å². The maximum Gasteiger partial charge on any atom is 0.454 e. The molecule has 1 fully saturated rings. The van der Waals surface area contributed by atoms with Gasteiger partial charge >= 0.3 is 7.12 Å². The Kier molecular flexibility index (Phi) is 5.95. The van der Waals surface area contributed by atoms with E-state index in [4.69, 9.17) is 18.9 Å². The maximum absolute atomic E-state index is 9.62. The third-order valence-electron chi connectivity index (χ3n) is 4.21. The van der Waals surface area contributed by atoms with E-state index in [1.807, 2.05) is 25.1 Å². The van der Waals surface area contributed by atoms with Crippen LogP contribution in [0.25, 0.3) is 11.4 Å². The third-order valence-corrected chi connectivity index (χ3v) is 4.21. The van der Waals surface area contributed by atoms with Gasteiger partial charge in [-0.15, -0.1) is 0 Å². The molecule has 0 spiro atoms. The molecule has 0 bridgehead atoms. The smallest absolute Gasteiger partial charge is 0.454 e. The molecule has 1 N–H and O–H groups in total. The van der Waals surface area contributed by atoms with Gasteiger partial charge in [-0.25, -0.2) is 4.98 Å². The van der Waals surface area contributed by atoms with Crippen LogP contribution in [-0.4, -0.2) is 49.5 Å². The molecule has 1 aromatic heterocycles. The second-order valence-electron chi connectivity index (χ2n) is 6.09. The molecular weight excluding hydrogens is 335 g/mol. The van der Waals surface area contributed by atoms with E-state index in [0.29, 0.717) is 42.7 Å². The van der Waals surface area contributed by atoms with Crippen LogP contribution in [0.4, 0.5) is 0 Å². The number of methoxy groups -OCH3 is 2. The first-order chi connectivity index (χ1) is 12.6. The normalized spacial score (nSPS) is 16.6. The van der Waals surface area contributed by atoms with Crippen molar-refractivity contribution >= 4 is 7.12 Å². The predicted molar refractivity (Wildman–Crippen MR) is 97.8 cm³/mol. The van der Waals surface area contributed by atoms with Crippen LogP contribution in [0.1, 0.15) is 25.0 Å². The van der Waals surface area contributed by atoms with Crippen LogP contribution in [0.15, 0.2) is 24.3 Å². The fourth-order valence-corrected chi connectivity index (χ4v) is 2.84. The van der Waals surface area contributed by atoms with E-state index in [2.05, 4.69) is 9.97 Å². The minimum absolute atomic E-state index is 0.00899. The predicted octanol–water partition coefficient (Wildman–Crippen LogP) is 2.54. The zero-order valence-electron chi connectivity index (χ0n) is 15.3. The Labute approximate surface area is 153 Å². The molecule has 2 aromatic rings. The molecule has 0 unspecified atom stereocenters. The fourth-order valence-electron chi connectivity index (χ4n) is 2.84. The molecule has 0 radical (unpaired) electrons. The van der Waals surface area contributed by atoms with Crippen LogP contribution in [0.2, 0.25) is 6.32 Å². The number of nitrogens with zero attached hydrogens (tertiary/aromatic N) is 2. The lowest BCUT2D eigenvalue weighted by Crippen LogP contribution is -2.08. The first kappa shape index (κ1) is 18.5. The van der Waals surface area contributed by atoms with E-state index in [1.165, 1.54) is 0 Å². The van der Waals surface area contributed by atoms with Gasteiger partial charge in [0, 0.05) is 24.2 Å². The summed E-state index contributed by atoms with van der Waals surface area (Å²) in [5, 5.41) is 9.62. The van der Waals surface area contributed by atoms with Crippen molar-refractivity contribution in [3.8, 4) is 28.8 Å². The van der Waals surface area contributed by atoms with Crippen molar-refractivity contribution in [2.24, 2.45) is 0 Å². The molecule has 7 nitrogen and oxygen atoms in total.